The van der Waals surface area contributed by atoms with Crippen LogP contribution in [0.1, 0.15) is 44.9 Å². The van der Waals surface area contributed by atoms with E-state index in [1.165, 1.54) is 32.1 Å². The van der Waals surface area contributed by atoms with Gasteiger partial charge in [0.15, 0.2) is 0 Å². The zero-order valence-electron chi connectivity index (χ0n) is 11.2. The molecule has 1 saturated heterocycles. The number of nitrogens with one attached hydrogen (secondary N) is 2. The smallest absolute Gasteiger partial charge is 0.244 e. The van der Waals surface area contributed by atoms with E-state index in [0.29, 0.717) is 0 Å². The highest BCUT2D eigenvalue weighted by Crippen LogP contribution is 2.39. The maximum absolute atomic E-state index is 4.76. The predicted molar refractivity (Wildman–Crippen MR) is 71.9 cm³/mol. The molecule has 2 N–H and O–H groups in total. The first-order valence-electron chi connectivity index (χ1n) is 7.16. The second-order valence-electron chi connectivity index (χ2n) is 5.84. The van der Waals surface area contributed by atoms with Crippen LogP contribution in [0.3, 0.4) is 0 Å². The molecule has 18 heavy (non-hydrogen) atoms. The molecular formula is C13H23N5. The molecule has 2 fully saturated rings. The van der Waals surface area contributed by atoms with Crippen LogP contribution in [0.5, 0.6) is 0 Å². The summed E-state index contributed by atoms with van der Waals surface area (Å²) in [6, 6.07) is 0. The third kappa shape index (κ3) is 2.23. The number of rotatable bonds is 2. The van der Waals surface area contributed by atoms with Crippen LogP contribution in [0, 0.1) is 0 Å². The molecule has 2 aliphatic rings. The Morgan fingerprint density at radius 3 is 2.78 bits per heavy atom. The van der Waals surface area contributed by atoms with Crippen LogP contribution in [0.15, 0.2) is 0 Å². The van der Waals surface area contributed by atoms with Gasteiger partial charge in [-0.3, -0.25) is 5.10 Å². The summed E-state index contributed by atoms with van der Waals surface area (Å²) in [6.45, 7) is 6.51. The fourth-order valence-corrected chi connectivity index (χ4v) is 3.10. The van der Waals surface area contributed by atoms with Crippen LogP contribution in [0.4, 0.5) is 5.95 Å². The molecule has 1 saturated carbocycles. The van der Waals surface area contributed by atoms with Crippen molar-refractivity contribution in [1.82, 2.24) is 20.5 Å². The third-order valence-electron chi connectivity index (χ3n) is 4.38. The van der Waals surface area contributed by atoms with E-state index >= 15 is 0 Å². The molecule has 3 rings (SSSR count). The van der Waals surface area contributed by atoms with Gasteiger partial charge >= 0.3 is 0 Å². The lowest BCUT2D eigenvalue weighted by Gasteiger charge is -2.20. The highest BCUT2D eigenvalue weighted by Gasteiger charge is 2.34. The number of hydrogen-bond acceptors (Lipinski definition) is 4. The average molecular weight is 249 g/mol. The van der Waals surface area contributed by atoms with Crippen LogP contribution >= 0.6 is 0 Å². The minimum atomic E-state index is 0.231. The van der Waals surface area contributed by atoms with Gasteiger partial charge in [-0.15, -0.1) is 5.10 Å². The summed E-state index contributed by atoms with van der Waals surface area (Å²) < 4.78 is 0. The lowest BCUT2D eigenvalue weighted by molar-refractivity contribution is 0.460. The minimum Gasteiger partial charge on any atom is -0.338 e. The lowest BCUT2D eigenvalue weighted by Crippen LogP contribution is -2.29. The summed E-state index contributed by atoms with van der Waals surface area (Å²) >= 11 is 0. The molecule has 0 spiro atoms. The van der Waals surface area contributed by atoms with Gasteiger partial charge in [-0.25, -0.2) is 0 Å². The Hall–Kier alpha value is -1.10. The van der Waals surface area contributed by atoms with E-state index in [1.54, 1.807) is 0 Å². The van der Waals surface area contributed by atoms with E-state index in [1.807, 2.05) is 0 Å². The molecule has 0 atom stereocenters. The Morgan fingerprint density at radius 2 is 1.94 bits per heavy atom. The first kappa shape index (κ1) is 12.0. The molecule has 5 nitrogen and oxygen atoms in total. The Balaban J connectivity index is 1.76. The van der Waals surface area contributed by atoms with Gasteiger partial charge in [-0.1, -0.05) is 19.8 Å². The maximum atomic E-state index is 4.76. The monoisotopic (exact) mass is 249 g/mol. The summed E-state index contributed by atoms with van der Waals surface area (Å²) in [5, 5.41) is 11.0. The van der Waals surface area contributed by atoms with Crippen molar-refractivity contribution in [2.24, 2.45) is 0 Å². The van der Waals surface area contributed by atoms with Crippen molar-refractivity contribution in [3.63, 3.8) is 0 Å². The topological polar surface area (TPSA) is 56.8 Å². The van der Waals surface area contributed by atoms with Gasteiger partial charge in [0.05, 0.1) is 0 Å². The van der Waals surface area contributed by atoms with Gasteiger partial charge in [-0.05, 0) is 25.8 Å². The Kier molecular flexibility index (Phi) is 3.24. The second kappa shape index (κ2) is 4.88. The van der Waals surface area contributed by atoms with Gasteiger partial charge < -0.3 is 10.2 Å². The minimum absolute atomic E-state index is 0.231. The molecule has 0 radical (unpaired) electrons. The lowest BCUT2D eigenvalue weighted by atomic mass is 9.88. The molecular weight excluding hydrogens is 226 g/mol. The van der Waals surface area contributed by atoms with Gasteiger partial charge in [0.25, 0.3) is 0 Å². The van der Waals surface area contributed by atoms with E-state index in [2.05, 4.69) is 27.3 Å². The number of nitrogens with zero attached hydrogens (tertiary/aromatic N) is 3. The summed E-state index contributed by atoms with van der Waals surface area (Å²) in [5.74, 6) is 1.98. The molecule has 100 valence electrons. The van der Waals surface area contributed by atoms with E-state index in [0.717, 1.165) is 38.0 Å². The number of H-pyrrole nitrogens is 1. The Morgan fingerprint density at radius 1 is 1.11 bits per heavy atom. The largest absolute Gasteiger partial charge is 0.338 e. The Bertz CT molecular complexity index is 386. The SMILES string of the molecule is CC1(c2nc(N3CCCNCC3)n[nH]2)CCCC1. The molecule has 1 aliphatic heterocycles. The predicted octanol–water partition coefficient (Wildman–Crippen LogP) is 1.44. The number of aromatic amines is 1. The molecule has 0 bridgehead atoms. The summed E-state index contributed by atoms with van der Waals surface area (Å²) in [4.78, 5) is 7.05. The van der Waals surface area contributed by atoms with Crippen LogP contribution in [0.2, 0.25) is 0 Å². The van der Waals surface area contributed by atoms with Crippen LogP contribution < -0.4 is 10.2 Å². The molecule has 0 aromatic carbocycles. The van der Waals surface area contributed by atoms with Crippen molar-refractivity contribution < 1.29 is 0 Å². The summed E-state index contributed by atoms with van der Waals surface area (Å²) in [5.41, 5.74) is 0.231. The molecule has 1 aromatic heterocycles. The van der Waals surface area contributed by atoms with E-state index < -0.39 is 0 Å². The van der Waals surface area contributed by atoms with Gasteiger partial charge in [-0.2, -0.15) is 4.98 Å². The van der Waals surface area contributed by atoms with Gasteiger partial charge in [0.2, 0.25) is 5.95 Å². The van der Waals surface area contributed by atoms with Crippen molar-refractivity contribution in [2.75, 3.05) is 31.1 Å². The fourth-order valence-electron chi connectivity index (χ4n) is 3.10. The molecule has 1 aromatic rings. The first-order chi connectivity index (χ1) is 8.78. The first-order valence-corrected chi connectivity index (χ1v) is 7.16. The summed E-state index contributed by atoms with van der Waals surface area (Å²) in [6.07, 6.45) is 6.29. The van der Waals surface area contributed by atoms with E-state index in [9.17, 15) is 0 Å². The highest BCUT2D eigenvalue weighted by molar-refractivity contribution is 5.30. The molecule has 0 unspecified atom stereocenters. The van der Waals surface area contributed by atoms with Crippen LogP contribution in [-0.2, 0) is 5.41 Å². The zero-order chi connectivity index (χ0) is 12.4. The normalized spacial score (nSPS) is 24.2. The standard InChI is InChI=1S/C13H23N5/c1-13(5-2-3-6-13)11-15-12(17-16-11)18-9-4-7-14-8-10-18/h14H,2-10H2,1H3,(H,15,16,17). The van der Waals surface area contributed by atoms with Crippen molar-refractivity contribution >= 4 is 5.95 Å². The van der Waals surface area contributed by atoms with Crippen LogP contribution in [-0.4, -0.2) is 41.4 Å². The van der Waals surface area contributed by atoms with E-state index in [4.69, 9.17) is 4.98 Å². The maximum Gasteiger partial charge on any atom is 0.244 e. The van der Waals surface area contributed by atoms with Crippen molar-refractivity contribution in [2.45, 2.75) is 44.4 Å². The second-order valence-corrected chi connectivity index (χ2v) is 5.84. The molecule has 5 heteroatoms. The van der Waals surface area contributed by atoms with Crippen molar-refractivity contribution in [1.29, 1.82) is 0 Å². The molecule has 2 heterocycles. The average Bonchev–Trinajstić information content (AvgIpc) is 2.94. The molecule has 1 aliphatic carbocycles. The number of aromatic nitrogens is 3. The van der Waals surface area contributed by atoms with Crippen molar-refractivity contribution in [3.8, 4) is 0 Å². The fraction of sp³-hybridized carbons (Fsp3) is 0.846. The highest BCUT2D eigenvalue weighted by atomic mass is 15.4. The quantitative estimate of drug-likeness (QED) is 0.832. The zero-order valence-corrected chi connectivity index (χ0v) is 11.2. The third-order valence-corrected chi connectivity index (χ3v) is 4.38. The van der Waals surface area contributed by atoms with Crippen molar-refractivity contribution in [3.05, 3.63) is 5.82 Å². The van der Waals surface area contributed by atoms with Gasteiger partial charge in [0, 0.05) is 25.0 Å². The van der Waals surface area contributed by atoms with Crippen LogP contribution in [0.25, 0.3) is 0 Å². The Labute approximate surface area is 108 Å². The number of anilines is 1. The summed E-state index contributed by atoms with van der Waals surface area (Å²) in [7, 11) is 0. The van der Waals surface area contributed by atoms with E-state index in [-0.39, 0.29) is 5.41 Å². The molecule has 0 amide bonds. The number of hydrogen-bond donors (Lipinski definition) is 2. The van der Waals surface area contributed by atoms with Gasteiger partial charge in [0.1, 0.15) is 5.82 Å².